The topological polar surface area (TPSA) is 55.4 Å². The number of hydrogen-bond donors (Lipinski definition) is 1. The second-order valence-corrected chi connectivity index (χ2v) is 7.84. The van der Waals surface area contributed by atoms with Crippen LogP contribution in [0, 0.1) is 6.92 Å². The van der Waals surface area contributed by atoms with Gasteiger partial charge in [-0.3, -0.25) is 0 Å². The lowest BCUT2D eigenvalue weighted by Gasteiger charge is -2.14. The van der Waals surface area contributed by atoms with E-state index in [2.05, 4.69) is 5.32 Å². The Labute approximate surface area is 137 Å². The van der Waals surface area contributed by atoms with Gasteiger partial charge in [0.1, 0.15) is 5.75 Å². The van der Waals surface area contributed by atoms with Gasteiger partial charge in [-0.15, -0.1) is 0 Å². The van der Waals surface area contributed by atoms with Crippen molar-refractivity contribution >= 4 is 9.84 Å². The van der Waals surface area contributed by atoms with E-state index in [1.54, 1.807) is 36.4 Å². The van der Waals surface area contributed by atoms with Crippen LogP contribution in [-0.2, 0) is 9.84 Å². The SMILES string of the molecule is COc1cccc(S(=O)(=O)c2ccc(C3CCNC3)c(C)c2)c1. The third-order valence-corrected chi connectivity index (χ3v) is 6.15. The molecule has 0 aromatic heterocycles. The minimum absolute atomic E-state index is 0.256. The number of ether oxygens (including phenoxy) is 1. The zero-order chi connectivity index (χ0) is 16.4. The molecule has 0 spiro atoms. The Hall–Kier alpha value is -1.85. The summed E-state index contributed by atoms with van der Waals surface area (Å²) in [4.78, 5) is 0.587. The molecular formula is C18H21NO3S. The van der Waals surface area contributed by atoms with Gasteiger partial charge in [0.2, 0.25) is 9.84 Å². The van der Waals surface area contributed by atoms with Crippen LogP contribution in [0.15, 0.2) is 52.3 Å². The summed E-state index contributed by atoms with van der Waals surface area (Å²) in [5.74, 6) is 1.01. The van der Waals surface area contributed by atoms with Gasteiger partial charge >= 0.3 is 0 Å². The van der Waals surface area contributed by atoms with Gasteiger partial charge in [0.05, 0.1) is 16.9 Å². The number of nitrogens with one attached hydrogen (secondary N) is 1. The summed E-state index contributed by atoms with van der Waals surface area (Å²) in [6.07, 6.45) is 1.10. The first-order chi connectivity index (χ1) is 11.0. The average molecular weight is 331 g/mol. The van der Waals surface area contributed by atoms with E-state index in [4.69, 9.17) is 4.74 Å². The molecule has 2 aromatic carbocycles. The van der Waals surface area contributed by atoms with E-state index in [1.165, 1.54) is 12.7 Å². The van der Waals surface area contributed by atoms with Gasteiger partial charge in [-0.05, 0) is 67.3 Å². The predicted octanol–water partition coefficient (Wildman–Crippen LogP) is 2.91. The summed E-state index contributed by atoms with van der Waals surface area (Å²) in [6, 6.07) is 12.0. The molecule has 0 radical (unpaired) electrons. The molecule has 122 valence electrons. The highest BCUT2D eigenvalue weighted by molar-refractivity contribution is 7.91. The van der Waals surface area contributed by atoms with Gasteiger partial charge in [-0.25, -0.2) is 8.42 Å². The minimum atomic E-state index is -3.53. The van der Waals surface area contributed by atoms with Crippen molar-refractivity contribution in [3.05, 3.63) is 53.6 Å². The molecule has 1 atom stereocenters. The van der Waals surface area contributed by atoms with Gasteiger partial charge in [0.15, 0.2) is 0 Å². The average Bonchev–Trinajstić information content (AvgIpc) is 3.09. The van der Waals surface area contributed by atoms with E-state index in [-0.39, 0.29) is 4.90 Å². The Kier molecular flexibility index (Phi) is 4.41. The van der Waals surface area contributed by atoms with Crippen LogP contribution in [-0.4, -0.2) is 28.6 Å². The first-order valence-electron chi connectivity index (χ1n) is 7.73. The van der Waals surface area contributed by atoms with Crippen LogP contribution in [0.3, 0.4) is 0 Å². The van der Waals surface area contributed by atoms with E-state index in [0.717, 1.165) is 25.1 Å². The maximum absolute atomic E-state index is 12.8. The molecule has 1 heterocycles. The predicted molar refractivity (Wildman–Crippen MR) is 89.9 cm³/mol. The van der Waals surface area contributed by atoms with Gasteiger partial charge in [-0.2, -0.15) is 0 Å². The second kappa shape index (κ2) is 6.34. The summed E-state index contributed by atoms with van der Waals surface area (Å²) in [6.45, 7) is 3.97. The quantitative estimate of drug-likeness (QED) is 0.936. The molecule has 1 N–H and O–H groups in total. The van der Waals surface area contributed by atoms with Gasteiger partial charge in [0.25, 0.3) is 0 Å². The number of sulfone groups is 1. The molecule has 2 aromatic rings. The molecule has 4 nitrogen and oxygen atoms in total. The molecule has 0 aliphatic carbocycles. The van der Waals surface area contributed by atoms with Crippen molar-refractivity contribution in [1.29, 1.82) is 0 Å². The van der Waals surface area contributed by atoms with Crippen molar-refractivity contribution in [1.82, 2.24) is 5.32 Å². The van der Waals surface area contributed by atoms with Crippen molar-refractivity contribution in [2.45, 2.75) is 29.1 Å². The smallest absolute Gasteiger partial charge is 0.206 e. The molecule has 0 amide bonds. The Balaban J connectivity index is 1.98. The second-order valence-electron chi connectivity index (χ2n) is 5.89. The molecular weight excluding hydrogens is 310 g/mol. The van der Waals surface area contributed by atoms with Crippen molar-refractivity contribution in [3.8, 4) is 5.75 Å². The number of hydrogen-bond acceptors (Lipinski definition) is 4. The van der Waals surface area contributed by atoms with Gasteiger partial charge in [0, 0.05) is 6.54 Å². The summed E-state index contributed by atoms with van der Waals surface area (Å²) >= 11 is 0. The lowest BCUT2D eigenvalue weighted by atomic mass is 9.94. The summed E-state index contributed by atoms with van der Waals surface area (Å²) < 4.78 is 30.8. The van der Waals surface area contributed by atoms with Crippen molar-refractivity contribution in [2.24, 2.45) is 0 Å². The number of benzene rings is 2. The highest BCUT2D eigenvalue weighted by Crippen LogP contribution is 2.30. The van der Waals surface area contributed by atoms with Crippen LogP contribution < -0.4 is 10.1 Å². The molecule has 0 saturated carbocycles. The van der Waals surface area contributed by atoms with Crippen LogP contribution >= 0.6 is 0 Å². The Morgan fingerprint density at radius 3 is 2.57 bits per heavy atom. The van der Waals surface area contributed by atoms with Crippen molar-refractivity contribution in [3.63, 3.8) is 0 Å². The molecule has 23 heavy (non-hydrogen) atoms. The van der Waals surface area contributed by atoms with Gasteiger partial charge in [-0.1, -0.05) is 12.1 Å². The van der Waals surface area contributed by atoms with Crippen LogP contribution in [0.1, 0.15) is 23.5 Å². The van der Waals surface area contributed by atoms with E-state index >= 15 is 0 Å². The normalized spacial score (nSPS) is 18.1. The highest BCUT2D eigenvalue weighted by atomic mass is 32.2. The summed E-state index contributed by atoms with van der Waals surface area (Å²) in [5.41, 5.74) is 2.27. The largest absolute Gasteiger partial charge is 0.497 e. The minimum Gasteiger partial charge on any atom is -0.497 e. The highest BCUT2D eigenvalue weighted by Gasteiger charge is 2.22. The lowest BCUT2D eigenvalue weighted by Crippen LogP contribution is -2.09. The zero-order valence-corrected chi connectivity index (χ0v) is 14.2. The number of aryl methyl sites for hydroxylation is 1. The third kappa shape index (κ3) is 3.12. The van der Waals surface area contributed by atoms with E-state index < -0.39 is 9.84 Å². The molecule has 0 bridgehead atoms. The molecule has 1 fully saturated rings. The maximum Gasteiger partial charge on any atom is 0.206 e. The van der Waals surface area contributed by atoms with E-state index in [1.807, 2.05) is 13.0 Å². The fraction of sp³-hybridized carbons (Fsp3) is 0.333. The Bertz CT molecular complexity index is 809. The zero-order valence-electron chi connectivity index (χ0n) is 13.4. The third-order valence-electron chi connectivity index (χ3n) is 4.40. The van der Waals surface area contributed by atoms with Crippen LogP contribution in [0.5, 0.6) is 5.75 Å². The van der Waals surface area contributed by atoms with E-state index in [9.17, 15) is 8.42 Å². The van der Waals surface area contributed by atoms with E-state index in [0.29, 0.717) is 16.6 Å². The lowest BCUT2D eigenvalue weighted by molar-refractivity contribution is 0.413. The summed E-state index contributed by atoms with van der Waals surface area (Å²) in [5, 5.41) is 3.35. The number of methoxy groups -OCH3 is 1. The fourth-order valence-electron chi connectivity index (χ4n) is 3.10. The molecule has 5 heteroatoms. The molecule has 3 rings (SSSR count). The van der Waals surface area contributed by atoms with Crippen LogP contribution in [0.4, 0.5) is 0 Å². The van der Waals surface area contributed by atoms with Crippen LogP contribution in [0.2, 0.25) is 0 Å². The Morgan fingerprint density at radius 1 is 1.13 bits per heavy atom. The fourth-order valence-corrected chi connectivity index (χ4v) is 4.48. The first kappa shape index (κ1) is 16.0. The van der Waals surface area contributed by atoms with Gasteiger partial charge < -0.3 is 10.1 Å². The summed E-state index contributed by atoms with van der Waals surface area (Å²) in [7, 11) is -2.00. The van der Waals surface area contributed by atoms with Crippen LogP contribution in [0.25, 0.3) is 0 Å². The van der Waals surface area contributed by atoms with Crippen molar-refractivity contribution in [2.75, 3.05) is 20.2 Å². The maximum atomic E-state index is 12.8. The first-order valence-corrected chi connectivity index (χ1v) is 9.21. The van der Waals surface area contributed by atoms with Crippen molar-refractivity contribution < 1.29 is 13.2 Å². The number of rotatable bonds is 4. The molecule has 1 aliphatic heterocycles. The standard InChI is InChI=1S/C18H21NO3S/c1-13-10-17(6-7-18(13)14-8-9-19-12-14)23(20,21)16-5-3-4-15(11-16)22-2/h3-7,10-11,14,19H,8-9,12H2,1-2H3. The Morgan fingerprint density at radius 2 is 1.91 bits per heavy atom. The molecule has 1 unspecified atom stereocenters. The molecule has 1 aliphatic rings. The monoisotopic (exact) mass is 331 g/mol. The molecule has 1 saturated heterocycles.